The van der Waals surface area contributed by atoms with Gasteiger partial charge in [-0.2, -0.15) is 0 Å². The summed E-state index contributed by atoms with van der Waals surface area (Å²) in [6, 6.07) is 0. The molecule has 0 unspecified atom stereocenters. The quantitative estimate of drug-likeness (QED) is 0.583. The number of nitrogens with zero attached hydrogens (tertiary/aromatic N) is 2. The summed E-state index contributed by atoms with van der Waals surface area (Å²) in [5, 5.41) is 0.561. The van der Waals surface area contributed by atoms with Crippen molar-refractivity contribution in [3.05, 3.63) is 20.2 Å². The molecule has 0 atom stereocenters. The Labute approximate surface area is 127 Å². The van der Waals surface area contributed by atoms with Crippen molar-refractivity contribution >= 4 is 34.2 Å². The van der Waals surface area contributed by atoms with Gasteiger partial charge in [-0.25, -0.2) is 9.97 Å². The lowest BCUT2D eigenvalue weighted by atomic mass is 9.82. The molecular weight excluding hydrogens is 363 g/mol. The third-order valence-corrected chi connectivity index (χ3v) is 5.28. The number of halogens is 2. The fraction of sp³-hybridized carbons (Fsp3) is 0.692. The van der Waals surface area contributed by atoms with Crippen LogP contribution in [-0.4, -0.2) is 17.1 Å². The van der Waals surface area contributed by atoms with Crippen LogP contribution < -0.4 is 0 Å². The Bertz CT molecular complexity index is 420. The van der Waals surface area contributed by atoms with Gasteiger partial charge in [-0.05, 0) is 41.4 Å². The molecular formula is C13H18ClIN2O. The van der Waals surface area contributed by atoms with E-state index < -0.39 is 0 Å². The second-order valence-corrected chi connectivity index (χ2v) is 6.46. The lowest BCUT2D eigenvalue weighted by molar-refractivity contribution is 0.180. The first-order valence-electron chi connectivity index (χ1n) is 6.32. The monoisotopic (exact) mass is 380 g/mol. The van der Waals surface area contributed by atoms with Gasteiger partial charge in [0.05, 0.1) is 15.9 Å². The van der Waals surface area contributed by atoms with Crippen LogP contribution >= 0.6 is 34.2 Å². The minimum absolute atomic E-state index is 0.464. The maximum Gasteiger partial charge on any atom is 0.146 e. The molecule has 1 saturated carbocycles. The van der Waals surface area contributed by atoms with Crippen LogP contribution in [0.5, 0.6) is 0 Å². The van der Waals surface area contributed by atoms with Crippen LogP contribution in [0.15, 0.2) is 0 Å². The molecule has 1 fully saturated rings. The molecule has 0 spiro atoms. The summed E-state index contributed by atoms with van der Waals surface area (Å²) in [6.45, 7) is 2.81. The average molecular weight is 381 g/mol. The van der Waals surface area contributed by atoms with Gasteiger partial charge in [-0.1, -0.05) is 31.4 Å². The van der Waals surface area contributed by atoms with Gasteiger partial charge in [0.1, 0.15) is 11.0 Å². The van der Waals surface area contributed by atoms with Gasteiger partial charge in [0.25, 0.3) is 0 Å². The summed E-state index contributed by atoms with van der Waals surface area (Å²) in [5.74, 6) is 2.20. The third kappa shape index (κ3) is 3.33. The highest BCUT2D eigenvalue weighted by Gasteiger charge is 2.23. The Kier molecular flexibility index (Phi) is 5.21. The molecule has 1 aliphatic carbocycles. The van der Waals surface area contributed by atoms with Crippen molar-refractivity contribution in [3.8, 4) is 0 Å². The van der Waals surface area contributed by atoms with Crippen LogP contribution in [0.2, 0.25) is 5.15 Å². The lowest BCUT2D eigenvalue weighted by Gasteiger charge is -2.25. The first-order chi connectivity index (χ1) is 8.61. The van der Waals surface area contributed by atoms with Crippen LogP contribution in [0.4, 0.5) is 0 Å². The summed E-state index contributed by atoms with van der Waals surface area (Å²) in [4.78, 5) is 9.10. The van der Waals surface area contributed by atoms with E-state index in [0.29, 0.717) is 17.7 Å². The van der Waals surface area contributed by atoms with Crippen LogP contribution in [0.3, 0.4) is 0 Å². The van der Waals surface area contributed by atoms with Gasteiger partial charge >= 0.3 is 0 Å². The van der Waals surface area contributed by atoms with Crippen LogP contribution in [-0.2, 0) is 11.3 Å². The Morgan fingerprint density at radius 2 is 1.94 bits per heavy atom. The summed E-state index contributed by atoms with van der Waals surface area (Å²) in [6.07, 6.45) is 4.86. The Hall–Kier alpha value is 0.0600. The topological polar surface area (TPSA) is 35.0 Å². The highest BCUT2D eigenvalue weighted by Crippen LogP contribution is 2.35. The number of rotatable bonds is 3. The van der Waals surface area contributed by atoms with Crippen molar-refractivity contribution in [1.29, 1.82) is 0 Å². The molecule has 1 aromatic rings. The molecule has 0 radical (unpaired) electrons. The van der Waals surface area contributed by atoms with Gasteiger partial charge in [0.2, 0.25) is 0 Å². The molecule has 0 bridgehead atoms. The molecule has 0 aliphatic heterocycles. The summed E-state index contributed by atoms with van der Waals surface area (Å²) in [7, 11) is 1.67. The van der Waals surface area contributed by atoms with Gasteiger partial charge in [0, 0.05) is 13.0 Å². The Morgan fingerprint density at radius 3 is 2.56 bits per heavy atom. The van der Waals surface area contributed by atoms with Crippen LogP contribution in [0, 0.1) is 9.49 Å². The molecule has 1 heterocycles. The molecule has 18 heavy (non-hydrogen) atoms. The van der Waals surface area contributed by atoms with Crippen LogP contribution in [0.1, 0.15) is 50.0 Å². The normalized spacial score (nSPS) is 24.2. The zero-order valence-corrected chi connectivity index (χ0v) is 13.7. The molecule has 0 saturated heterocycles. The van der Waals surface area contributed by atoms with E-state index in [2.05, 4.69) is 39.5 Å². The summed E-state index contributed by atoms with van der Waals surface area (Å²) >= 11 is 8.37. The number of methoxy groups -OCH3 is 1. The molecule has 2 rings (SSSR count). The smallest absolute Gasteiger partial charge is 0.146 e. The first kappa shape index (κ1) is 14.5. The minimum atomic E-state index is 0.464. The van der Waals surface area contributed by atoms with E-state index in [-0.39, 0.29) is 0 Å². The first-order valence-corrected chi connectivity index (χ1v) is 7.78. The Balaban J connectivity index is 2.22. The number of ether oxygens (including phenoxy) is 1. The second kappa shape index (κ2) is 6.48. The summed E-state index contributed by atoms with van der Waals surface area (Å²) in [5.41, 5.74) is 0.909. The largest absolute Gasteiger partial charge is 0.378 e. The van der Waals surface area contributed by atoms with Gasteiger partial charge in [-0.3, -0.25) is 0 Å². The minimum Gasteiger partial charge on any atom is -0.378 e. The van der Waals surface area contributed by atoms with Crippen LogP contribution in [0.25, 0.3) is 0 Å². The number of hydrogen-bond donors (Lipinski definition) is 0. The predicted molar refractivity (Wildman–Crippen MR) is 80.8 cm³/mol. The zero-order chi connectivity index (χ0) is 13.1. The van der Waals surface area contributed by atoms with Crippen molar-refractivity contribution in [1.82, 2.24) is 9.97 Å². The summed E-state index contributed by atoms with van der Waals surface area (Å²) < 4.78 is 6.08. The number of hydrogen-bond acceptors (Lipinski definition) is 3. The van der Waals surface area contributed by atoms with E-state index in [1.165, 1.54) is 25.7 Å². The van der Waals surface area contributed by atoms with E-state index in [1.807, 2.05) is 0 Å². The van der Waals surface area contributed by atoms with E-state index in [1.54, 1.807) is 7.11 Å². The molecule has 0 amide bonds. The molecule has 100 valence electrons. The molecule has 5 heteroatoms. The molecule has 0 aromatic carbocycles. The SMILES string of the molecule is COCc1nc(C2CCC(C)CC2)nc(Cl)c1I. The van der Waals surface area contributed by atoms with Gasteiger partial charge in [-0.15, -0.1) is 0 Å². The fourth-order valence-electron chi connectivity index (χ4n) is 2.41. The predicted octanol–water partition coefficient (Wildman–Crippen LogP) is 4.17. The van der Waals surface area contributed by atoms with Crippen molar-refractivity contribution in [2.24, 2.45) is 5.92 Å². The highest BCUT2D eigenvalue weighted by atomic mass is 127. The maximum atomic E-state index is 6.19. The van der Waals surface area contributed by atoms with Gasteiger partial charge < -0.3 is 4.74 Å². The van der Waals surface area contributed by atoms with Gasteiger partial charge in [0.15, 0.2) is 0 Å². The third-order valence-electron chi connectivity index (χ3n) is 3.56. The standard InChI is InChI=1S/C13H18ClIN2O/c1-8-3-5-9(6-4-8)13-16-10(7-18-2)11(15)12(14)17-13/h8-9H,3-7H2,1-2H3. The zero-order valence-electron chi connectivity index (χ0n) is 10.7. The molecule has 3 nitrogen and oxygen atoms in total. The maximum absolute atomic E-state index is 6.19. The highest BCUT2D eigenvalue weighted by molar-refractivity contribution is 14.1. The molecule has 0 N–H and O–H groups in total. The molecule has 1 aliphatic rings. The van der Waals surface area contributed by atoms with E-state index in [0.717, 1.165) is 21.0 Å². The van der Waals surface area contributed by atoms with E-state index in [9.17, 15) is 0 Å². The van der Waals surface area contributed by atoms with Crippen molar-refractivity contribution in [2.75, 3.05) is 7.11 Å². The van der Waals surface area contributed by atoms with E-state index >= 15 is 0 Å². The van der Waals surface area contributed by atoms with Crippen molar-refractivity contribution < 1.29 is 4.74 Å². The number of aromatic nitrogens is 2. The Morgan fingerprint density at radius 1 is 1.28 bits per heavy atom. The van der Waals surface area contributed by atoms with Crippen molar-refractivity contribution in [2.45, 2.75) is 45.1 Å². The van der Waals surface area contributed by atoms with Crippen molar-refractivity contribution in [3.63, 3.8) is 0 Å². The lowest BCUT2D eigenvalue weighted by Crippen LogP contribution is -2.15. The average Bonchev–Trinajstić information content (AvgIpc) is 2.36. The fourth-order valence-corrected chi connectivity index (χ4v) is 3.01. The second-order valence-electron chi connectivity index (χ2n) is 5.02. The molecule has 1 aromatic heterocycles. The van der Waals surface area contributed by atoms with E-state index in [4.69, 9.17) is 16.3 Å².